The van der Waals surface area contributed by atoms with Gasteiger partial charge in [-0.2, -0.15) is 0 Å². The standard InChI is InChI=1S/C26H33N7O3/c1-25(2)15-31(21(34)19-7-5-6-11-28-19)20-13-17(8-9-18(20)25)33-22(35)26(3,4)32(24(33)36)14-16-10-12-29-23(27)30-16/h8-10,12-13,19,28H,5-7,11,14-15H2,1-4H3,(H2,27,29,30)/t19-/m1/s1. The minimum Gasteiger partial charge on any atom is -0.368 e. The van der Waals surface area contributed by atoms with Crippen LogP contribution in [0, 0.1) is 0 Å². The highest BCUT2D eigenvalue weighted by atomic mass is 16.2. The minimum atomic E-state index is -1.09. The smallest absolute Gasteiger partial charge is 0.332 e. The number of nitrogens with one attached hydrogen (secondary N) is 1. The lowest BCUT2D eigenvalue weighted by molar-refractivity contribution is -0.123. The number of anilines is 3. The summed E-state index contributed by atoms with van der Waals surface area (Å²) in [5.74, 6) is -0.182. The summed E-state index contributed by atoms with van der Waals surface area (Å²) in [4.78, 5) is 53.2. The number of nitrogen functional groups attached to an aromatic ring is 1. The van der Waals surface area contributed by atoms with Crippen LogP contribution in [-0.2, 0) is 21.5 Å². The third-order valence-electron chi connectivity index (χ3n) is 7.56. The Morgan fingerprint density at radius 3 is 2.64 bits per heavy atom. The minimum absolute atomic E-state index is 0.0426. The molecule has 1 aromatic carbocycles. The molecule has 5 rings (SSSR count). The number of carbonyl (C=O) groups excluding carboxylic acids is 3. The molecule has 0 saturated carbocycles. The van der Waals surface area contributed by atoms with Crippen molar-refractivity contribution in [3.8, 4) is 0 Å². The van der Waals surface area contributed by atoms with Crippen LogP contribution in [0.4, 0.5) is 22.1 Å². The van der Waals surface area contributed by atoms with Crippen molar-refractivity contribution in [1.82, 2.24) is 20.2 Å². The molecule has 1 atom stereocenters. The van der Waals surface area contributed by atoms with Crippen molar-refractivity contribution in [2.24, 2.45) is 0 Å². The Kier molecular flexibility index (Phi) is 5.74. The van der Waals surface area contributed by atoms with Gasteiger partial charge in [0.15, 0.2) is 0 Å². The molecular formula is C26H33N7O3. The Bertz CT molecular complexity index is 1240. The van der Waals surface area contributed by atoms with Crippen molar-refractivity contribution in [1.29, 1.82) is 0 Å². The summed E-state index contributed by atoms with van der Waals surface area (Å²) in [5, 5.41) is 3.35. The number of amides is 4. The number of carbonyl (C=O) groups is 3. The van der Waals surface area contributed by atoms with Crippen LogP contribution in [0.15, 0.2) is 30.5 Å². The second-order valence-corrected chi connectivity index (χ2v) is 11.0. The number of fused-ring (bicyclic) bond motifs is 1. The molecule has 4 heterocycles. The Morgan fingerprint density at radius 2 is 1.94 bits per heavy atom. The maximum Gasteiger partial charge on any atom is 0.332 e. The van der Waals surface area contributed by atoms with Gasteiger partial charge in [-0.25, -0.2) is 19.7 Å². The molecule has 190 valence electrons. The van der Waals surface area contributed by atoms with Crippen LogP contribution in [-0.4, -0.2) is 57.4 Å². The molecule has 2 saturated heterocycles. The fraction of sp³-hybridized carbons (Fsp3) is 0.500. The summed E-state index contributed by atoms with van der Waals surface area (Å²) in [6.45, 7) is 9.17. The van der Waals surface area contributed by atoms with Gasteiger partial charge < -0.3 is 20.9 Å². The van der Waals surface area contributed by atoms with Gasteiger partial charge in [0.05, 0.1) is 24.0 Å². The first kappa shape index (κ1) is 24.2. The van der Waals surface area contributed by atoms with Crippen LogP contribution in [0.5, 0.6) is 0 Å². The second-order valence-electron chi connectivity index (χ2n) is 11.0. The van der Waals surface area contributed by atoms with E-state index in [1.165, 1.54) is 16.0 Å². The predicted octanol–water partition coefficient (Wildman–Crippen LogP) is 2.57. The average Bonchev–Trinajstić information content (AvgIpc) is 3.21. The molecule has 36 heavy (non-hydrogen) atoms. The van der Waals surface area contributed by atoms with Crippen molar-refractivity contribution >= 4 is 35.2 Å². The summed E-state index contributed by atoms with van der Waals surface area (Å²) in [7, 11) is 0. The SMILES string of the molecule is CC1(C)CN(C(=O)[C@H]2CCCCN2)c2cc(N3C(=O)N(Cc4ccnc(N)n4)C(C)(C)C3=O)ccc21. The lowest BCUT2D eigenvalue weighted by Crippen LogP contribution is -2.49. The third-order valence-corrected chi connectivity index (χ3v) is 7.56. The zero-order valence-corrected chi connectivity index (χ0v) is 21.2. The summed E-state index contributed by atoms with van der Waals surface area (Å²) in [5.41, 5.74) is 7.17. The van der Waals surface area contributed by atoms with Crippen LogP contribution in [0.1, 0.15) is 58.2 Å². The molecule has 3 aliphatic heterocycles. The molecule has 2 aromatic rings. The maximum absolute atomic E-state index is 13.6. The molecule has 0 radical (unpaired) electrons. The zero-order valence-electron chi connectivity index (χ0n) is 21.2. The number of urea groups is 1. The number of nitrogens with zero attached hydrogens (tertiary/aromatic N) is 5. The highest BCUT2D eigenvalue weighted by molar-refractivity contribution is 6.23. The third kappa shape index (κ3) is 3.89. The molecule has 0 bridgehead atoms. The molecule has 0 spiro atoms. The first-order chi connectivity index (χ1) is 17.0. The van der Waals surface area contributed by atoms with Crippen LogP contribution in [0.2, 0.25) is 0 Å². The van der Waals surface area contributed by atoms with E-state index in [4.69, 9.17) is 5.73 Å². The van der Waals surface area contributed by atoms with Gasteiger partial charge in [0, 0.05) is 23.8 Å². The average molecular weight is 492 g/mol. The van der Waals surface area contributed by atoms with Gasteiger partial charge in [0.25, 0.3) is 5.91 Å². The lowest BCUT2D eigenvalue weighted by atomic mass is 9.87. The van der Waals surface area contributed by atoms with Crippen LogP contribution >= 0.6 is 0 Å². The number of benzene rings is 1. The van der Waals surface area contributed by atoms with Crippen molar-refractivity contribution in [2.45, 2.75) is 70.5 Å². The van der Waals surface area contributed by atoms with Crippen molar-refractivity contribution in [3.63, 3.8) is 0 Å². The zero-order chi connectivity index (χ0) is 25.8. The van der Waals surface area contributed by atoms with E-state index < -0.39 is 11.6 Å². The van der Waals surface area contributed by atoms with E-state index in [-0.39, 0.29) is 35.8 Å². The van der Waals surface area contributed by atoms with E-state index >= 15 is 0 Å². The monoisotopic (exact) mass is 491 g/mol. The van der Waals surface area contributed by atoms with Crippen LogP contribution in [0.3, 0.4) is 0 Å². The number of hydrogen-bond acceptors (Lipinski definition) is 7. The fourth-order valence-corrected chi connectivity index (χ4v) is 5.46. The summed E-state index contributed by atoms with van der Waals surface area (Å²) in [6.07, 6.45) is 4.43. The van der Waals surface area contributed by atoms with Gasteiger partial charge in [-0.15, -0.1) is 0 Å². The second kappa shape index (κ2) is 8.55. The number of imide groups is 1. The van der Waals surface area contributed by atoms with E-state index in [1.54, 1.807) is 26.0 Å². The number of rotatable bonds is 4. The van der Waals surface area contributed by atoms with Crippen LogP contribution in [0.25, 0.3) is 0 Å². The molecular weight excluding hydrogens is 458 g/mol. The quantitative estimate of drug-likeness (QED) is 0.630. The van der Waals surface area contributed by atoms with Crippen molar-refractivity contribution < 1.29 is 14.4 Å². The summed E-state index contributed by atoms with van der Waals surface area (Å²) < 4.78 is 0. The van der Waals surface area contributed by atoms with E-state index in [9.17, 15) is 14.4 Å². The summed E-state index contributed by atoms with van der Waals surface area (Å²) >= 11 is 0. The van der Waals surface area contributed by atoms with Gasteiger partial charge in [-0.1, -0.05) is 26.3 Å². The van der Waals surface area contributed by atoms with Gasteiger partial charge in [-0.3, -0.25) is 9.59 Å². The topological polar surface area (TPSA) is 125 Å². The maximum atomic E-state index is 13.6. The molecule has 4 amide bonds. The molecule has 2 fully saturated rings. The molecule has 10 nitrogen and oxygen atoms in total. The number of nitrogens with two attached hydrogens (primary N) is 1. The van der Waals surface area contributed by atoms with Crippen molar-refractivity contribution in [3.05, 3.63) is 41.7 Å². The Hall–Kier alpha value is -3.53. The van der Waals surface area contributed by atoms with Gasteiger partial charge in [0.2, 0.25) is 11.9 Å². The van der Waals surface area contributed by atoms with E-state index in [1.807, 2.05) is 17.0 Å². The summed E-state index contributed by atoms with van der Waals surface area (Å²) in [6, 6.07) is 6.56. The predicted molar refractivity (Wildman–Crippen MR) is 136 cm³/mol. The van der Waals surface area contributed by atoms with Gasteiger partial charge >= 0.3 is 6.03 Å². The fourth-order valence-electron chi connectivity index (χ4n) is 5.46. The molecule has 1 aromatic heterocycles. The first-order valence-electron chi connectivity index (χ1n) is 12.4. The number of piperidine rings is 1. The number of hydrogen-bond donors (Lipinski definition) is 2. The van der Waals surface area contributed by atoms with Gasteiger partial charge in [0.1, 0.15) is 5.54 Å². The normalized spacial score (nSPS) is 22.8. The van der Waals surface area contributed by atoms with Crippen molar-refractivity contribution in [2.75, 3.05) is 28.6 Å². The van der Waals surface area contributed by atoms with E-state index in [0.717, 1.165) is 37.1 Å². The lowest BCUT2D eigenvalue weighted by Gasteiger charge is -2.29. The molecule has 10 heteroatoms. The highest BCUT2D eigenvalue weighted by Gasteiger charge is 2.52. The first-order valence-corrected chi connectivity index (χ1v) is 12.4. The van der Waals surface area contributed by atoms with Crippen LogP contribution < -0.4 is 20.9 Å². The number of aromatic nitrogens is 2. The van der Waals surface area contributed by atoms with Gasteiger partial charge in [-0.05, 0) is 57.0 Å². The Morgan fingerprint density at radius 1 is 1.17 bits per heavy atom. The molecule has 3 aliphatic rings. The Labute approximate surface area is 210 Å². The molecule has 0 unspecified atom stereocenters. The molecule has 0 aliphatic carbocycles. The molecule has 3 N–H and O–H groups in total. The largest absolute Gasteiger partial charge is 0.368 e. The Balaban J connectivity index is 1.48. The van der Waals surface area contributed by atoms with E-state index in [2.05, 4.69) is 29.1 Å². The highest BCUT2D eigenvalue weighted by Crippen LogP contribution is 2.44. The van der Waals surface area contributed by atoms with E-state index in [0.29, 0.717) is 17.9 Å².